The Morgan fingerprint density at radius 3 is 2.00 bits per heavy atom. The molecule has 10 heavy (non-hydrogen) atoms. The van der Waals surface area contributed by atoms with E-state index in [1.165, 1.54) is 0 Å². The number of rotatable bonds is 1. The number of nitrogens with zero attached hydrogens (tertiary/aromatic N) is 1. The number of hydrogen-bond donors (Lipinski definition) is 0. The standard InChI is InChI=1S/C5H4Cl3NS/c6-5(7,8)10-9-3-1-2-4-9/h1-4H. The highest BCUT2D eigenvalue weighted by atomic mass is 35.6. The lowest BCUT2D eigenvalue weighted by Crippen LogP contribution is -1.97. The normalized spacial score (nSPS) is 11.9. The van der Waals surface area contributed by atoms with E-state index in [9.17, 15) is 0 Å². The molecule has 1 heterocycles. The van der Waals surface area contributed by atoms with E-state index >= 15 is 0 Å². The zero-order chi connectivity index (χ0) is 7.61. The fourth-order valence-corrected chi connectivity index (χ4v) is 1.72. The summed E-state index contributed by atoms with van der Waals surface area (Å²) >= 11 is 17.6. The molecule has 0 atom stereocenters. The van der Waals surface area contributed by atoms with Crippen LogP contribution >= 0.6 is 46.8 Å². The van der Waals surface area contributed by atoms with Crippen molar-refractivity contribution >= 4 is 46.8 Å². The summed E-state index contributed by atoms with van der Waals surface area (Å²) in [5, 5.41) is 0. The van der Waals surface area contributed by atoms with Gasteiger partial charge >= 0.3 is 0 Å². The molecule has 1 nitrogen and oxygen atoms in total. The van der Waals surface area contributed by atoms with Crippen LogP contribution < -0.4 is 0 Å². The van der Waals surface area contributed by atoms with Gasteiger partial charge in [0.1, 0.15) is 0 Å². The zero-order valence-corrected chi connectivity index (χ0v) is 7.88. The molecule has 1 aromatic rings. The van der Waals surface area contributed by atoms with Crippen molar-refractivity contribution in [3.63, 3.8) is 0 Å². The molecule has 0 radical (unpaired) electrons. The first-order valence-electron chi connectivity index (χ1n) is 2.47. The SMILES string of the molecule is ClC(Cl)(Cl)Sn1cccc1. The lowest BCUT2D eigenvalue weighted by atomic mass is 10.7. The molecular formula is C5H4Cl3NS. The summed E-state index contributed by atoms with van der Waals surface area (Å²) in [5.41, 5.74) is 0. The van der Waals surface area contributed by atoms with Crippen molar-refractivity contribution < 1.29 is 0 Å². The Kier molecular flexibility index (Phi) is 2.81. The van der Waals surface area contributed by atoms with Crippen LogP contribution in [-0.2, 0) is 0 Å². The summed E-state index contributed by atoms with van der Waals surface area (Å²) in [6.07, 6.45) is 3.62. The van der Waals surface area contributed by atoms with E-state index in [2.05, 4.69) is 0 Å². The minimum Gasteiger partial charge on any atom is -0.296 e. The summed E-state index contributed by atoms with van der Waals surface area (Å²) in [5.74, 6) is 0. The van der Waals surface area contributed by atoms with E-state index in [0.717, 1.165) is 11.9 Å². The minimum atomic E-state index is -1.28. The fourth-order valence-electron chi connectivity index (χ4n) is 0.499. The van der Waals surface area contributed by atoms with Gasteiger partial charge in [-0.2, -0.15) is 0 Å². The molecule has 0 amide bonds. The maximum Gasteiger partial charge on any atom is 0.256 e. The van der Waals surface area contributed by atoms with Gasteiger partial charge in [-0.1, -0.05) is 34.8 Å². The first-order valence-corrected chi connectivity index (χ1v) is 4.38. The molecule has 0 fully saturated rings. The second-order valence-electron chi connectivity index (χ2n) is 1.58. The molecule has 0 bridgehead atoms. The molecule has 56 valence electrons. The summed E-state index contributed by atoms with van der Waals surface area (Å²) in [6, 6.07) is 3.73. The van der Waals surface area contributed by atoms with Crippen LogP contribution in [0.4, 0.5) is 0 Å². The topological polar surface area (TPSA) is 4.93 Å². The van der Waals surface area contributed by atoms with Crippen LogP contribution in [0.3, 0.4) is 0 Å². The van der Waals surface area contributed by atoms with Crippen LogP contribution in [0.5, 0.6) is 0 Å². The molecule has 0 aliphatic heterocycles. The number of hydrogen-bond acceptors (Lipinski definition) is 1. The molecule has 0 aliphatic carbocycles. The fraction of sp³-hybridized carbons (Fsp3) is 0.200. The van der Waals surface area contributed by atoms with Gasteiger partial charge in [0.05, 0.1) is 0 Å². The molecule has 0 N–H and O–H groups in total. The largest absolute Gasteiger partial charge is 0.296 e. The van der Waals surface area contributed by atoms with Crippen molar-refractivity contribution in [2.75, 3.05) is 0 Å². The summed E-state index contributed by atoms with van der Waals surface area (Å²) in [4.78, 5) is 0. The van der Waals surface area contributed by atoms with Gasteiger partial charge in [0.25, 0.3) is 3.12 Å². The Hall–Kier alpha value is 0.500. The molecule has 1 rings (SSSR count). The third kappa shape index (κ3) is 3.06. The van der Waals surface area contributed by atoms with Crippen molar-refractivity contribution in [3.8, 4) is 0 Å². The van der Waals surface area contributed by atoms with Crippen LogP contribution in [0.1, 0.15) is 0 Å². The number of aromatic nitrogens is 1. The van der Waals surface area contributed by atoms with E-state index in [1.54, 1.807) is 3.97 Å². The van der Waals surface area contributed by atoms with Gasteiger partial charge in [0, 0.05) is 24.3 Å². The number of halogens is 3. The molecule has 0 saturated heterocycles. The maximum absolute atomic E-state index is 5.50. The van der Waals surface area contributed by atoms with Crippen molar-refractivity contribution in [3.05, 3.63) is 24.5 Å². The Morgan fingerprint density at radius 1 is 1.10 bits per heavy atom. The molecule has 0 saturated carbocycles. The van der Waals surface area contributed by atoms with Gasteiger partial charge in [-0.3, -0.25) is 3.97 Å². The van der Waals surface area contributed by atoms with Gasteiger partial charge in [0.15, 0.2) is 0 Å². The highest BCUT2D eigenvalue weighted by Crippen LogP contribution is 2.39. The number of alkyl halides is 3. The lowest BCUT2D eigenvalue weighted by Gasteiger charge is -2.08. The molecule has 0 aliphatic rings. The van der Waals surface area contributed by atoms with Crippen LogP contribution in [0, 0.1) is 0 Å². The molecular weight excluding hydrogens is 212 g/mol. The van der Waals surface area contributed by atoms with Crippen LogP contribution in [0.25, 0.3) is 0 Å². The predicted molar refractivity (Wildman–Crippen MR) is 47.7 cm³/mol. The molecule has 1 aromatic heterocycles. The summed E-state index contributed by atoms with van der Waals surface area (Å²) in [6.45, 7) is 0. The van der Waals surface area contributed by atoms with Gasteiger partial charge in [-0.25, -0.2) is 0 Å². The molecule has 0 spiro atoms. The minimum absolute atomic E-state index is 1.12. The van der Waals surface area contributed by atoms with Crippen LogP contribution in [0.2, 0.25) is 0 Å². The van der Waals surface area contributed by atoms with E-state index in [-0.39, 0.29) is 0 Å². The highest BCUT2D eigenvalue weighted by Gasteiger charge is 2.20. The van der Waals surface area contributed by atoms with E-state index < -0.39 is 3.12 Å². The quantitative estimate of drug-likeness (QED) is 0.652. The van der Waals surface area contributed by atoms with Gasteiger partial charge in [0.2, 0.25) is 0 Å². The first kappa shape index (κ1) is 8.60. The van der Waals surface area contributed by atoms with Crippen molar-refractivity contribution in [2.45, 2.75) is 3.12 Å². The Morgan fingerprint density at radius 2 is 1.60 bits per heavy atom. The Labute approximate surface area is 78.4 Å². The third-order valence-corrected chi connectivity index (χ3v) is 2.07. The van der Waals surface area contributed by atoms with Crippen molar-refractivity contribution in [1.82, 2.24) is 3.97 Å². The average molecular weight is 217 g/mol. The van der Waals surface area contributed by atoms with Crippen molar-refractivity contribution in [1.29, 1.82) is 0 Å². The van der Waals surface area contributed by atoms with Gasteiger partial charge < -0.3 is 0 Å². The Bertz CT molecular complexity index is 191. The van der Waals surface area contributed by atoms with E-state index in [4.69, 9.17) is 34.8 Å². The zero-order valence-electron chi connectivity index (χ0n) is 4.80. The molecule has 0 aromatic carbocycles. The smallest absolute Gasteiger partial charge is 0.256 e. The van der Waals surface area contributed by atoms with Crippen LogP contribution in [-0.4, -0.2) is 7.10 Å². The third-order valence-electron chi connectivity index (χ3n) is 0.786. The van der Waals surface area contributed by atoms with Crippen molar-refractivity contribution in [2.24, 2.45) is 0 Å². The average Bonchev–Trinajstić information content (AvgIpc) is 2.12. The molecule has 5 heteroatoms. The second-order valence-corrected chi connectivity index (χ2v) is 5.75. The molecule has 0 unspecified atom stereocenters. The lowest BCUT2D eigenvalue weighted by molar-refractivity contribution is 1.28. The van der Waals surface area contributed by atoms with E-state index in [1.807, 2.05) is 24.5 Å². The summed E-state index contributed by atoms with van der Waals surface area (Å²) < 4.78 is 0.450. The van der Waals surface area contributed by atoms with Gasteiger partial charge in [-0.15, -0.1) is 0 Å². The van der Waals surface area contributed by atoms with Gasteiger partial charge in [-0.05, 0) is 12.1 Å². The first-order chi connectivity index (χ1) is 4.58. The van der Waals surface area contributed by atoms with Crippen LogP contribution in [0.15, 0.2) is 24.5 Å². The predicted octanol–water partition coefficient (Wildman–Crippen LogP) is 3.31. The summed E-state index contributed by atoms with van der Waals surface area (Å²) in [7, 11) is 0. The Balaban J connectivity index is 2.57. The monoisotopic (exact) mass is 215 g/mol. The highest BCUT2D eigenvalue weighted by molar-refractivity contribution is 8.03. The second kappa shape index (κ2) is 3.26. The maximum atomic E-state index is 5.50. The van der Waals surface area contributed by atoms with E-state index in [0.29, 0.717) is 0 Å².